The maximum Gasteiger partial charge on any atom is 0.0650 e. The highest BCUT2D eigenvalue weighted by Gasteiger charge is 2.49. The predicted octanol–water partition coefficient (Wildman–Crippen LogP) is 1.35. The number of hydrogen-bond donors (Lipinski definition) is 0. The van der Waals surface area contributed by atoms with E-state index in [2.05, 4.69) is 16.7 Å². The minimum Gasteiger partial charge on any atom is -0.380 e. The van der Waals surface area contributed by atoms with Crippen LogP contribution in [0.2, 0.25) is 0 Å². The van der Waals surface area contributed by atoms with Gasteiger partial charge in [0.2, 0.25) is 0 Å². The van der Waals surface area contributed by atoms with Gasteiger partial charge >= 0.3 is 0 Å². The standard InChI is InChI=1S/C15H28N2O2/c1-2-18-13-15-5-3-7-17(15)14(4-6-15)12-16-8-10-19-11-9-16/h14H,2-13H2,1H3/t14-,15?/m1/s1. The molecule has 0 aliphatic carbocycles. The fourth-order valence-corrected chi connectivity index (χ4v) is 4.18. The third-order valence-corrected chi connectivity index (χ3v) is 5.18. The Bertz CT molecular complexity index is 294. The zero-order chi connectivity index (χ0) is 13.1. The SMILES string of the molecule is CCOCC12CCCN1[C@@H](CN1CCOCC1)CC2. The Morgan fingerprint density at radius 3 is 2.84 bits per heavy atom. The first-order valence-corrected chi connectivity index (χ1v) is 7.99. The van der Waals surface area contributed by atoms with Gasteiger partial charge in [0.1, 0.15) is 0 Å². The van der Waals surface area contributed by atoms with E-state index >= 15 is 0 Å². The van der Waals surface area contributed by atoms with Crippen molar-refractivity contribution in [3.8, 4) is 0 Å². The fourth-order valence-electron chi connectivity index (χ4n) is 4.18. The molecule has 2 atom stereocenters. The van der Waals surface area contributed by atoms with Gasteiger partial charge in [0, 0.05) is 37.8 Å². The van der Waals surface area contributed by atoms with Crippen LogP contribution in [0.5, 0.6) is 0 Å². The Morgan fingerprint density at radius 1 is 1.21 bits per heavy atom. The molecule has 110 valence electrons. The minimum atomic E-state index is 0.382. The van der Waals surface area contributed by atoms with E-state index < -0.39 is 0 Å². The molecule has 3 heterocycles. The van der Waals surface area contributed by atoms with Crippen molar-refractivity contribution >= 4 is 0 Å². The summed E-state index contributed by atoms with van der Waals surface area (Å²) in [5, 5.41) is 0. The summed E-state index contributed by atoms with van der Waals surface area (Å²) < 4.78 is 11.2. The largest absolute Gasteiger partial charge is 0.380 e. The lowest BCUT2D eigenvalue weighted by Crippen LogP contribution is -2.50. The van der Waals surface area contributed by atoms with E-state index in [0.717, 1.165) is 45.6 Å². The maximum atomic E-state index is 5.79. The summed E-state index contributed by atoms with van der Waals surface area (Å²) in [5.41, 5.74) is 0.382. The van der Waals surface area contributed by atoms with Crippen LogP contribution in [0, 0.1) is 0 Å². The van der Waals surface area contributed by atoms with Gasteiger partial charge in [0.05, 0.1) is 19.8 Å². The van der Waals surface area contributed by atoms with Crippen LogP contribution < -0.4 is 0 Å². The van der Waals surface area contributed by atoms with E-state index in [-0.39, 0.29) is 0 Å². The van der Waals surface area contributed by atoms with Crippen molar-refractivity contribution in [2.45, 2.75) is 44.2 Å². The second kappa shape index (κ2) is 6.08. The molecule has 0 aromatic heterocycles. The number of rotatable bonds is 5. The molecule has 0 bridgehead atoms. The summed E-state index contributed by atoms with van der Waals surface area (Å²) in [5.74, 6) is 0. The van der Waals surface area contributed by atoms with Crippen LogP contribution in [0.15, 0.2) is 0 Å². The van der Waals surface area contributed by atoms with Gasteiger partial charge in [-0.2, -0.15) is 0 Å². The molecule has 3 aliphatic heterocycles. The summed E-state index contributed by atoms with van der Waals surface area (Å²) in [4.78, 5) is 5.36. The number of hydrogen-bond acceptors (Lipinski definition) is 4. The van der Waals surface area contributed by atoms with Crippen LogP contribution in [0.1, 0.15) is 32.6 Å². The molecule has 3 aliphatic rings. The molecule has 3 saturated heterocycles. The zero-order valence-electron chi connectivity index (χ0n) is 12.3. The molecule has 0 saturated carbocycles. The molecular formula is C15H28N2O2. The molecule has 0 spiro atoms. The molecule has 1 unspecified atom stereocenters. The minimum absolute atomic E-state index is 0.382. The monoisotopic (exact) mass is 268 g/mol. The molecule has 0 aromatic rings. The Hall–Kier alpha value is -0.160. The van der Waals surface area contributed by atoms with Crippen molar-refractivity contribution in [3.05, 3.63) is 0 Å². The Morgan fingerprint density at radius 2 is 2.05 bits per heavy atom. The third-order valence-electron chi connectivity index (χ3n) is 5.18. The average Bonchev–Trinajstić information content (AvgIpc) is 2.99. The molecule has 19 heavy (non-hydrogen) atoms. The summed E-state index contributed by atoms with van der Waals surface area (Å²) >= 11 is 0. The molecule has 4 nitrogen and oxygen atoms in total. The lowest BCUT2D eigenvalue weighted by Gasteiger charge is -2.37. The topological polar surface area (TPSA) is 24.9 Å². The molecule has 0 aromatic carbocycles. The summed E-state index contributed by atoms with van der Waals surface area (Å²) in [6, 6.07) is 0.751. The van der Waals surface area contributed by atoms with Crippen LogP contribution in [0.25, 0.3) is 0 Å². The van der Waals surface area contributed by atoms with Gasteiger partial charge in [-0.1, -0.05) is 0 Å². The summed E-state index contributed by atoms with van der Waals surface area (Å²) in [7, 11) is 0. The number of nitrogens with zero attached hydrogens (tertiary/aromatic N) is 2. The highest BCUT2D eigenvalue weighted by atomic mass is 16.5. The second-order valence-corrected chi connectivity index (χ2v) is 6.26. The smallest absolute Gasteiger partial charge is 0.0650 e. The van der Waals surface area contributed by atoms with Crippen molar-refractivity contribution in [2.24, 2.45) is 0 Å². The van der Waals surface area contributed by atoms with Gasteiger partial charge < -0.3 is 9.47 Å². The van der Waals surface area contributed by atoms with Crippen molar-refractivity contribution in [1.82, 2.24) is 9.80 Å². The van der Waals surface area contributed by atoms with Gasteiger partial charge in [-0.3, -0.25) is 9.80 Å². The molecule has 0 amide bonds. The van der Waals surface area contributed by atoms with Crippen molar-refractivity contribution in [3.63, 3.8) is 0 Å². The highest BCUT2D eigenvalue weighted by molar-refractivity contribution is 5.05. The zero-order valence-corrected chi connectivity index (χ0v) is 12.3. The first-order chi connectivity index (χ1) is 9.34. The normalized spacial score (nSPS) is 36.8. The van der Waals surface area contributed by atoms with E-state index in [4.69, 9.17) is 9.47 Å². The molecular weight excluding hydrogens is 240 g/mol. The van der Waals surface area contributed by atoms with Crippen LogP contribution in [0.4, 0.5) is 0 Å². The van der Waals surface area contributed by atoms with Crippen molar-refractivity contribution < 1.29 is 9.47 Å². The highest BCUT2D eigenvalue weighted by Crippen LogP contribution is 2.42. The first-order valence-electron chi connectivity index (χ1n) is 7.99. The van der Waals surface area contributed by atoms with Gasteiger partial charge in [0.25, 0.3) is 0 Å². The Labute approximate surface area is 117 Å². The molecule has 0 N–H and O–H groups in total. The van der Waals surface area contributed by atoms with Gasteiger partial charge in [0.15, 0.2) is 0 Å². The molecule has 3 rings (SSSR count). The quantitative estimate of drug-likeness (QED) is 0.751. The summed E-state index contributed by atoms with van der Waals surface area (Å²) in [6.07, 6.45) is 5.38. The lowest BCUT2D eigenvalue weighted by molar-refractivity contribution is 0.00494. The summed E-state index contributed by atoms with van der Waals surface area (Å²) in [6.45, 7) is 10.5. The maximum absolute atomic E-state index is 5.79. The van der Waals surface area contributed by atoms with E-state index in [0.29, 0.717) is 5.54 Å². The molecule has 3 fully saturated rings. The van der Waals surface area contributed by atoms with E-state index in [9.17, 15) is 0 Å². The van der Waals surface area contributed by atoms with Crippen molar-refractivity contribution in [2.75, 3.05) is 52.6 Å². The second-order valence-electron chi connectivity index (χ2n) is 6.26. The molecule has 4 heteroatoms. The van der Waals surface area contributed by atoms with Crippen LogP contribution in [-0.2, 0) is 9.47 Å². The van der Waals surface area contributed by atoms with E-state index in [1.807, 2.05) is 0 Å². The van der Waals surface area contributed by atoms with Gasteiger partial charge in [-0.05, 0) is 39.2 Å². The Balaban J connectivity index is 1.58. The first kappa shape index (κ1) is 13.8. The lowest BCUT2D eigenvalue weighted by atomic mass is 9.95. The van der Waals surface area contributed by atoms with Crippen LogP contribution in [-0.4, -0.2) is 74.0 Å². The fraction of sp³-hybridized carbons (Fsp3) is 1.00. The predicted molar refractivity (Wildman–Crippen MR) is 75.4 cm³/mol. The van der Waals surface area contributed by atoms with Gasteiger partial charge in [-0.15, -0.1) is 0 Å². The molecule has 0 radical (unpaired) electrons. The number of fused-ring (bicyclic) bond motifs is 1. The Kier molecular flexibility index (Phi) is 4.42. The number of morpholine rings is 1. The average molecular weight is 268 g/mol. The van der Waals surface area contributed by atoms with Crippen molar-refractivity contribution in [1.29, 1.82) is 0 Å². The van der Waals surface area contributed by atoms with E-state index in [1.54, 1.807) is 0 Å². The van der Waals surface area contributed by atoms with Gasteiger partial charge in [-0.25, -0.2) is 0 Å². The van der Waals surface area contributed by atoms with Crippen LogP contribution in [0.3, 0.4) is 0 Å². The van der Waals surface area contributed by atoms with Crippen LogP contribution >= 0.6 is 0 Å². The van der Waals surface area contributed by atoms with E-state index in [1.165, 1.54) is 38.8 Å². The number of ether oxygens (including phenoxy) is 2. The third kappa shape index (κ3) is 2.82.